The SMILES string of the molecule is CN(CC1CCCOC1)C(=O)c1cccc([N+](=O)[O-])c1Cl. The standard InChI is InChI=1S/C14H17ClN2O4/c1-16(8-10-4-3-7-21-9-10)14(18)11-5-2-6-12(13(11)15)17(19)20/h2,5-6,10H,3-4,7-9H2,1H3. The quantitative estimate of drug-likeness (QED) is 0.633. The highest BCUT2D eigenvalue weighted by Crippen LogP contribution is 2.28. The number of hydrogen-bond donors (Lipinski definition) is 0. The maximum absolute atomic E-state index is 12.4. The van der Waals surface area contributed by atoms with E-state index in [1.165, 1.54) is 18.2 Å². The molecule has 0 aromatic heterocycles. The number of halogens is 1. The highest BCUT2D eigenvalue weighted by atomic mass is 35.5. The third-order valence-electron chi connectivity index (χ3n) is 3.54. The second-order valence-electron chi connectivity index (χ2n) is 5.16. The molecule has 1 atom stereocenters. The molecule has 1 unspecified atom stereocenters. The van der Waals surface area contributed by atoms with E-state index in [0.717, 1.165) is 19.4 Å². The van der Waals surface area contributed by atoms with E-state index in [1.54, 1.807) is 11.9 Å². The van der Waals surface area contributed by atoms with Crippen molar-refractivity contribution in [2.45, 2.75) is 12.8 Å². The fourth-order valence-corrected chi connectivity index (χ4v) is 2.73. The van der Waals surface area contributed by atoms with Gasteiger partial charge in [0.05, 0.1) is 17.1 Å². The largest absolute Gasteiger partial charge is 0.381 e. The van der Waals surface area contributed by atoms with Crippen molar-refractivity contribution in [1.82, 2.24) is 4.90 Å². The summed E-state index contributed by atoms with van der Waals surface area (Å²) in [6.07, 6.45) is 2.00. The monoisotopic (exact) mass is 312 g/mol. The predicted octanol–water partition coefficient (Wildman–Crippen LogP) is 2.75. The minimum Gasteiger partial charge on any atom is -0.381 e. The first-order valence-electron chi connectivity index (χ1n) is 6.77. The zero-order valence-corrected chi connectivity index (χ0v) is 12.5. The third-order valence-corrected chi connectivity index (χ3v) is 3.94. The fraction of sp³-hybridized carbons (Fsp3) is 0.500. The van der Waals surface area contributed by atoms with Crippen molar-refractivity contribution >= 4 is 23.2 Å². The molecule has 0 radical (unpaired) electrons. The van der Waals surface area contributed by atoms with Crippen LogP contribution in [-0.4, -0.2) is 42.5 Å². The van der Waals surface area contributed by atoms with Crippen LogP contribution >= 0.6 is 11.6 Å². The van der Waals surface area contributed by atoms with Gasteiger partial charge < -0.3 is 9.64 Å². The lowest BCUT2D eigenvalue weighted by Crippen LogP contribution is -2.35. The maximum atomic E-state index is 12.4. The van der Waals surface area contributed by atoms with E-state index in [0.29, 0.717) is 19.1 Å². The van der Waals surface area contributed by atoms with Crippen molar-refractivity contribution in [1.29, 1.82) is 0 Å². The molecular formula is C14H17ClN2O4. The normalized spacial score (nSPS) is 18.3. The molecule has 0 spiro atoms. The first-order valence-corrected chi connectivity index (χ1v) is 7.14. The van der Waals surface area contributed by atoms with Gasteiger partial charge in [0.2, 0.25) is 0 Å². The van der Waals surface area contributed by atoms with Gasteiger partial charge >= 0.3 is 0 Å². The summed E-state index contributed by atoms with van der Waals surface area (Å²) in [5.74, 6) is -0.0144. The van der Waals surface area contributed by atoms with Gasteiger partial charge in [0, 0.05) is 26.3 Å². The molecule has 1 saturated heterocycles. The Hall–Kier alpha value is -1.66. The Bertz CT molecular complexity index is 544. The molecule has 1 fully saturated rings. The van der Waals surface area contributed by atoms with Gasteiger partial charge in [0.15, 0.2) is 0 Å². The van der Waals surface area contributed by atoms with Crippen LogP contribution in [0.2, 0.25) is 5.02 Å². The van der Waals surface area contributed by atoms with Crippen molar-refractivity contribution in [2.75, 3.05) is 26.8 Å². The number of ether oxygens (including phenoxy) is 1. The molecule has 0 bridgehead atoms. The van der Waals surface area contributed by atoms with Gasteiger partial charge in [-0.25, -0.2) is 0 Å². The average Bonchev–Trinajstić information content (AvgIpc) is 2.47. The number of nitrogens with zero attached hydrogens (tertiary/aromatic N) is 2. The number of rotatable bonds is 4. The number of amides is 1. The molecule has 21 heavy (non-hydrogen) atoms. The first-order chi connectivity index (χ1) is 10.0. The zero-order valence-electron chi connectivity index (χ0n) is 11.8. The number of nitro groups is 1. The molecule has 2 rings (SSSR count). The smallest absolute Gasteiger partial charge is 0.288 e. The van der Waals surface area contributed by atoms with Crippen LogP contribution in [0, 0.1) is 16.0 Å². The summed E-state index contributed by atoms with van der Waals surface area (Å²) in [6.45, 7) is 1.96. The van der Waals surface area contributed by atoms with Crippen molar-refractivity contribution in [3.63, 3.8) is 0 Å². The van der Waals surface area contributed by atoms with Crippen LogP contribution in [0.4, 0.5) is 5.69 Å². The van der Waals surface area contributed by atoms with Gasteiger partial charge in [-0.1, -0.05) is 17.7 Å². The number of benzene rings is 1. The van der Waals surface area contributed by atoms with Gasteiger partial charge in [0.25, 0.3) is 11.6 Å². The molecule has 1 aromatic carbocycles. The second kappa shape index (κ2) is 6.87. The van der Waals surface area contributed by atoms with Crippen molar-refractivity contribution < 1.29 is 14.5 Å². The molecule has 6 nitrogen and oxygen atoms in total. The van der Waals surface area contributed by atoms with Crippen molar-refractivity contribution in [2.24, 2.45) is 5.92 Å². The minimum absolute atomic E-state index is 0.112. The van der Waals surface area contributed by atoms with Crippen LogP contribution in [0.1, 0.15) is 23.2 Å². The van der Waals surface area contributed by atoms with Crippen LogP contribution in [-0.2, 0) is 4.74 Å². The highest BCUT2D eigenvalue weighted by molar-refractivity contribution is 6.35. The fourth-order valence-electron chi connectivity index (χ4n) is 2.45. The van der Waals surface area contributed by atoms with Crippen LogP contribution in [0.15, 0.2) is 18.2 Å². The number of hydrogen-bond acceptors (Lipinski definition) is 4. The molecule has 0 N–H and O–H groups in total. The van der Waals surface area contributed by atoms with Gasteiger partial charge in [-0.15, -0.1) is 0 Å². The van der Waals surface area contributed by atoms with E-state index in [1.807, 2.05) is 0 Å². The summed E-state index contributed by atoms with van der Waals surface area (Å²) in [5.41, 5.74) is -0.0954. The van der Waals surface area contributed by atoms with E-state index < -0.39 is 4.92 Å². The Morgan fingerprint density at radius 3 is 2.95 bits per heavy atom. The molecule has 7 heteroatoms. The Balaban J connectivity index is 2.11. The third kappa shape index (κ3) is 3.71. The van der Waals surface area contributed by atoms with Gasteiger partial charge in [0.1, 0.15) is 5.02 Å². The van der Waals surface area contributed by atoms with Crippen LogP contribution < -0.4 is 0 Å². The van der Waals surface area contributed by atoms with E-state index in [4.69, 9.17) is 16.3 Å². The lowest BCUT2D eigenvalue weighted by Gasteiger charge is -2.27. The molecule has 1 aliphatic heterocycles. The zero-order chi connectivity index (χ0) is 15.4. The van der Waals surface area contributed by atoms with E-state index in [2.05, 4.69) is 0 Å². The summed E-state index contributed by atoms with van der Waals surface area (Å²) in [6, 6.07) is 4.26. The summed E-state index contributed by atoms with van der Waals surface area (Å²) < 4.78 is 5.39. The molecule has 0 saturated carbocycles. The summed E-state index contributed by atoms with van der Waals surface area (Å²) >= 11 is 5.97. The Kier molecular flexibility index (Phi) is 5.14. The first kappa shape index (κ1) is 15.7. The molecular weight excluding hydrogens is 296 g/mol. The molecule has 114 valence electrons. The van der Waals surface area contributed by atoms with E-state index >= 15 is 0 Å². The number of carbonyl (C=O) groups is 1. The summed E-state index contributed by atoms with van der Waals surface area (Å²) in [7, 11) is 1.67. The van der Waals surface area contributed by atoms with Gasteiger partial charge in [-0.05, 0) is 24.8 Å². The van der Waals surface area contributed by atoms with E-state index in [-0.39, 0.29) is 22.2 Å². The Morgan fingerprint density at radius 1 is 1.57 bits per heavy atom. The maximum Gasteiger partial charge on any atom is 0.288 e. The summed E-state index contributed by atoms with van der Waals surface area (Å²) in [4.78, 5) is 24.2. The number of carbonyl (C=O) groups excluding carboxylic acids is 1. The Morgan fingerprint density at radius 2 is 2.33 bits per heavy atom. The topological polar surface area (TPSA) is 72.7 Å². The lowest BCUT2D eigenvalue weighted by molar-refractivity contribution is -0.384. The van der Waals surface area contributed by atoms with Crippen molar-refractivity contribution in [3.05, 3.63) is 38.9 Å². The molecule has 1 aromatic rings. The summed E-state index contributed by atoms with van der Waals surface area (Å²) in [5, 5.41) is 10.8. The van der Waals surface area contributed by atoms with Crippen LogP contribution in [0.25, 0.3) is 0 Å². The van der Waals surface area contributed by atoms with E-state index in [9.17, 15) is 14.9 Å². The van der Waals surface area contributed by atoms with Gasteiger partial charge in [-0.2, -0.15) is 0 Å². The molecule has 1 heterocycles. The molecule has 0 aliphatic carbocycles. The van der Waals surface area contributed by atoms with Crippen LogP contribution in [0.5, 0.6) is 0 Å². The average molecular weight is 313 g/mol. The second-order valence-corrected chi connectivity index (χ2v) is 5.54. The molecule has 1 aliphatic rings. The molecule has 1 amide bonds. The van der Waals surface area contributed by atoms with Gasteiger partial charge in [-0.3, -0.25) is 14.9 Å². The highest BCUT2D eigenvalue weighted by Gasteiger charge is 2.24. The van der Waals surface area contributed by atoms with Crippen LogP contribution in [0.3, 0.4) is 0 Å². The minimum atomic E-state index is -0.589. The predicted molar refractivity (Wildman–Crippen MR) is 78.6 cm³/mol. The van der Waals surface area contributed by atoms with Crippen molar-refractivity contribution in [3.8, 4) is 0 Å². The number of nitro benzene ring substituents is 1. The lowest BCUT2D eigenvalue weighted by atomic mass is 10.0. The Labute approximate surface area is 127 Å².